The fourth-order valence-electron chi connectivity index (χ4n) is 1.76. The van der Waals surface area contributed by atoms with Crippen LogP contribution < -0.4 is 5.32 Å². The highest BCUT2D eigenvalue weighted by atomic mass is 16.5. The van der Waals surface area contributed by atoms with Gasteiger partial charge in [-0.2, -0.15) is 0 Å². The Morgan fingerprint density at radius 3 is 2.32 bits per heavy atom. The second-order valence-electron chi connectivity index (χ2n) is 5.03. The first kappa shape index (κ1) is 17.6. The molecule has 0 aliphatic heterocycles. The Hall–Kier alpha value is -1.39. The van der Waals surface area contributed by atoms with Crippen molar-refractivity contribution in [2.75, 3.05) is 7.11 Å². The van der Waals surface area contributed by atoms with Crippen molar-refractivity contribution < 1.29 is 19.1 Å². The van der Waals surface area contributed by atoms with Gasteiger partial charge in [0.15, 0.2) is 0 Å². The van der Waals surface area contributed by atoms with Crippen LogP contribution >= 0.6 is 0 Å². The monoisotopic (exact) mass is 271 g/mol. The number of unbranched alkanes of at least 4 members (excludes halogenated alkanes) is 1. The Morgan fingerprint density at radius 2 is 1.79 bits per heavy atom. The third kappa shape index (κ3) is 9.22. The molecule has 5 nitrogen and oxygen atoms in total. The van der Waals surface area contributed by atoms with Crippen molar-refractivity contribution in [2.24, 2.45) is 5.92 Å². The molecule has 0 saturated heterocycles. The Labute approximate surface area is 115 Å². The van der Waals surface area contributed by atoms with E-state index in [1.807, 2.05) is 6.92 Å². The Kier molecular flexibility index (Phi) is 8.83. The van der Waals surface area contributed by atoms with Gasteiger partial charge in [0.25, 0.3) is 0 Å². The number of hydrogen-bond acceptors (Lipinski definition) is 4. The highest BCUT2D eigenvalue weighted by molar-refractivity contribution is 5.96. The van der Waals surface area contributed by atoms with Crippen LogP contribution in [0, 0.1) is 5.92 Å². The number of Topliss-reactive ketones (excluding diaryl/α,β-unsaturated/α-hetero) is 1. The van der Waals surface area contributed by atoms with Crippen LogP contribution in [-0.2, 0) is 19.1 Å². The molecule has 0 aromatic carbocycles. The van der Waals surface area contributed by atoms with Crippen LogP contribution in [0.3, 0.4) is 0 Å². The molecule has 0 radical (unpaired) electrons. The van der Waals surface area contributed by atoms with Crippen LogP contribution in [0.5, 0.6) is 0 Å². The lowest BCUT2D eigenvalue weighted by Crippen LogP contribution is -2.37. The molecule has 2 unspecified atom stereocenters. The topological polar surface area (TPSA) is 72.5 Å². The van der Waals surface area contributed by atoms with Gasteiger partial charge in [0.05, 0.1) is 13.5 Å². The molecule has 1 N–H and O–H groups in total. The number of ketones is 1. The molecule has 5 heteroatoms. The molecule has 0 spiro atoms. The van der Waals surface area contributed by atoms with E-state index in [1.165, 1.54) is 14.0 Å². The average Bonchev–Trinajstić information content (AvgIpc) is 2.32. The first-order chi connectivity index (χ1) is 8.86. The Morgan fingerprint density at radius 1 is 1.16 bits per heavy atom. The van der Waals surface area contributed by atoms with Crippen molar-refractivity contribution in [1.29, 1.82) is 0 Å². The molecule has 0 aromatic rings. The summed E-state index contributed by atoms with van der Waals surface area (Å²) in [5.41, 5.74) is 0. The van der Waals surface area contributed by atoms with E-state index in [0.717, 1.165) is 19.3 Å². The molecule has 0 aliphatic carbocycles. The van der Waals surface area contributed by atoms with Crippen molar-refractivity contribution in [2.45, 2.75) is 58.9 Å². The van der Waals surface area contributed by atoms with E-state index in [4.69, 9.17) is 0 Å². The van der Waals surface area contributed by atoms with E-state index >= 15 is 0 Å². The largest absolute Gasteiger partial charge is 0.469 e. The van der Waals surface area contributed by atoms with E-state index < -0.39 is 0 Å². The van der Waals surface area contributed by atoms with Crippen LogP contribution in [0.1, 0.15) is 52.9 Å². The number of methoxy groups -OCH3 is 1. The van der Waals surface area contributed by atoms with Gasteiger partial charge < -0.3 is 10.1 Å². The zero-order chi connectivity index (χ0) is 14.8. The minimum absolute atomic E-state index is 0.0324. The number of carbonyl (C=O) groups is 3. The number of amides is 1. The van der Waals surface area contributed by atoms with Crippen molar-refractivity contribution in [1.82, 2.24) is 5.32 Å². The smallest absolute Gasteiger partial charge is 0.305 e. The third-order valence-corrected chi connectivity index (χ3v) is 3.17. The fraction of sp³-hybridized carbons (Fsp3) is 0.786. The maximum atomic E-state index is 11.4. The maximum absolute atomic E-state index is 11.4. The van der Waals surface area contributed by atoms with Gasteiger partial charge in [-0.05, 0) is 32.6 Å². The van der Waals surface area contributed by atoms with E-state index in [1.54, 1.807) is 0 Å². The summed E-state index contributed by atoms with van der Waals surface area (Å²) in [5, 5.41) is 2.82. The van der Waals surface area contributed by atoms with Gasteiger partial charge in [0, 0.05) is 12.5 Å². The van der Waals surface area contributed by atoms with Gasteiger partial charge in [-0.15, -0.1) is 0 Å². The van der Waals surface area contributed by atoms with Gasteiger partial charge in [0.1, 0.15) is 5.78 Å². The minimum atomic E-state index is -0.221. The highest BCUT2D eigenvalue weighted by Crippen LogP contribution is 2.13. The lowest BCUT2D eigenvalue weighted by Gasteiger charge is -2.21. The van der Waals surface area contributed by atoms with E-state index in [2.05, 4.69) is 17.0 Å². The summed E-state index contributed by atoms with van der Waals surface area (Å²) < 4.78 is 4.57. The van der Waals surface area contributed by atoms with Crippen molar-refractivity contribution in [3.8, 4) is 0 Å². The molecule has 2 atom stereocenters. The molecular weight excluding hydrogens is 246 g/mol. The highest BCUT2D eigenvalue weighted by Gasteiger charge is 2.15. The molecule has 0 fully saturated rings. The number of hydrogen-bond donors (Lipinski definition) is 1. The first-order valence-corrected chi connectivity index (χ1v) is 6.72. The molecule has 19 heavy (non-hydrogen) atoms. The summed E-state index contributed by atoms with van der Waals surface area (Å²) in [6.07, 6.45) is 3.03. The van der Waals surface area contributed by atoms with E-state index in [0.29, 0.717) is 12.3 Å². The Balaban J connectivity index is 3.81. The number of rotatable bonds is 9. The number of ether oxygens (including phenoxy) is 1. The molecular formula is C14H25NO4. The Bertz CT molecular complexity index is 315. The molecule has 110 valence electrons. The predicted octanol–water partition coefficient (Wildman–Crippen LogP) is 1.84. The summed E-state index contributed by atoms with van der Waals surface area (Å²) in [6, 6.07) is 0.0324. The van der Waals surface area contributed by atoms with Gasteiger partial charge in [-0.3, -0.25) is 14.4 Å². The zero-order valence-electron chi connectivity index (χ0n) is 12.3. The van der Waals surface area contributed by atoms with Crippen LogP contribution in [0.2, 0.25) is 0 Å². The summed E-state index contributed by atoms with van der Waals surface area (Å²) in [5.74, 6) is -0.221. The zero-order valence-corrected chi connectivity index (χ0v) is 12.3. The average molecular weight is 271 g/mol. The molecule has 0 heterocycles. The fourth-order valence-corrected chi connectivity index (χ4v) is 1.76. The summed E-state index contributed by atoms with van der Waals surface area (Å²) in [7, 11) is 1.39. The van der Waals surface area contributed by atoms with Gasteiger partial charge in [-0.1, -0.05) is 13.3 Å². The summed E-state index contributed by atoms with van der Waals surface area (Å²) >= 11 is 0. The minimum Gasteiger partial charge on any atom is -0.469 e. The van der Waals surface area contributed by atoms with Crippen molar-refractivity contribution >= 4 is 17.7 Å². The van der Waals surface area contributed by atoms with Crippen LogP contribution in [-0.4, -0.2) is 30.8 Å². The van der Waals surface area contributed by atoms with Crippen LogP contribution in [0.4, 0.5) is 0 Å². The molecule has 0 bridgehead atoms. The third-order valence-electron chi connectivity index (χ3n) is 3.17. The first-order valence-electron chi connectivity index (χ1n) is 6.72. The van der Waals surface area contributed by atoms with E-state index in [-0.39, 0.29) is 30.1 Å². The molecule has 0 aromatic heterocycles. The molecule has 0 saturated carbocycles. The number of nitrogens with one attached hydrogen (secondary N) is 1. The summed E-state index contributed by atoms with van der Waals surface area (Å²) in [6.45, 7) is 5.39. The van der Waals surface area contributed by atoms with Crippen LogP contribution in [0.25, 0.3) is 0 Å². The van der Waals surface area contributed by atoms with Crippen LogP contribution in [0.15, 0.2) is 0 Å². The second-order valence-corrected chi connectivity index (χ2v) is 5.03. The maximum Gasteiger partial charge on any atom is 0.305 e. The van der Waals surface area contributed by atoms with Crippen molar-refractivity contribution in [3.63, 3.8) is 0 Å². The quantitative estimate of drug-likeness (QED) is 0.394. The SMILES string of the molecule is COC(=O)CCCCC(C)C(C)NC(=O)CC(C)=O. The normalized spacial score (nSPS) is 13.5. The summed E-state index contributed by atoms with van der Waals surface area (Å²) in [4.78, 5) is 33.2. The molecule has 0 aliphatic rings. The molecule has 1 amide bonds. The predicted molar refractivity (Wildman–Crippen MR) is 72.6 cm³/mol. The van der Waals surface area contributed by atoms with Gasteiger partial charge in [-0.25, -0.2) is 0 Å². The number of carbonyl (C=O) groups excluding carboxylic acids is 3. The van der Waals surface area contributed by atoms with E-state index in [9.17, 15) is 14.4 Å². The second kappa shape index (κ2) is 9.53. The molecule has 0 rings (SSSR count). The standard InChI is InChI=1S/C14H25NO4/c1-10(7-5-6-8-14(18)19-4)12(3)15-13(17)9-11(2)16/h10,12H,5-9H2,1-4H3,(H,15,17). The number of esters is 1. The lowest BCUT2D eigenvalue weighted by atomic mass is 9.96. The van der Waals surface area contributed by atoms with Gasteiger partial charge in [0.2, 0.25) is 5.91 Å². The van der Waals surface area contributed by atoms with Crippen molar-refractivity contribution in [3.05, 3.63) is 0 Å². The van der Waals surface area contributed by atoms with Gasteiger partial charge >= 0.3 is 5.97 Å². The lowest BCUT2D eigenvalue weighted by molar-refractivity contribution is -0.140.